The van der Waals surface area contributed by atoms with Crippen molar-refractivity contribution in [3.63, 3.8) is 0 Å². The Morgan fingerprint density at radius 3 is 1.52 bits per heavy atom. The molecule has 0 unspecified atom stereocenters. The highest BCUT2D eigenvalue weighted by molar-refractivity contribution is 6.78. The van der Waals surface area contributed by atoms with Crippen LogP contribution in [0.25, 0.3) is 21.8 Å². The molecule has 2 aromatic heterocycles. The smallest absolute Gasteiger partial charge is 0.258 e. The van der Waals surface area contributed by atoms with Gasteiger partial charge in [0.25, 0.3) is 20.1 Å². The molecule has 0 radical (unpaired) electrons. The van der Waals surface area contributed by atoms with Crippen LogP contribution in [0.1, 0.15) is 107 Å². The van der Waals surface area contributed by atoms with Gasteiger partial charge in [0.15, 0.2) is 5.75 Å². The van der Waals surface area contributed by atoms with Crippen LogP contribution in [0.3, 0.4) is 0 Å². The van der Waals surface area contributed by atoms with Crippen molar-refractivity contribution in [1.29, 1.82) is 10.5 Å². The van der Waals surface area contributed by atoms with Gasteiger partial charge in [-0.25, -0.2) is 8.78 Å². The minimum atomic E-state index is -2.41. The van der Waals surface area contributed by atoms with E-state index in [1.807, 2.05) is 12.3 Å². The van der Waals surface area contributed by atoms with Crippen LogP contribution >= 0.6 is 0 Å². The second-order valence-electron chi connectivity index (χ2n) is 17.8. The predicted octanol–water partition coefficient (Wildman–Crippen LogP) is 10.5. The molecule has 0 bridgehead atoms. The van der Waals surface area contributed by atoms with Crippen molar-refractivity contribution in [2.24, 2.45) is 0 Å². The average Bonchev–Trinajstić information content (AvgIpc) is 3.73. The van der Waals surface area contributed by atoms with Crippen LogP contribution < -0.4 is 4.43 Å². The first kappa shape index (κ1) is 45.3. The minimum Gasteiger partial charge on any atom is -0.541 e. The summed E-state index contributed by atoms with van der Waals surface area (Å²) in [6.45, 7) is 14.1. The van der Waals surface area contributed by atoms with Crippen LogP contribution in [0.15, 0.2) is 73.1 Å². The number of amides is 2. The molecule has 328 valence electrons. The summed E-state index contributed by atoms with van der Waals surface area (Å²) >= 11 is 0. The average molecular weight is 879 g/mol. The second kappa shape index (κ2) is 18.2. The topological polar surface area (TPSA) is 143 Å². The molecule has 8 rings (SSSR count). The molecule has 2 aliphatic heterocycles. The Hall–Kier alpha value is -6.70. The molecule has 0 spiro atoms. The molecule has 10 nitrogen and oxygen atoms in total. The second-order valence-corrected chi connectivity index (χ2v) is 23.2. The number of rotatable bonds is 11. The van der Waals surface area contributed by atoms with Crippen molar-refractivity contribution >= 4 is 41.9 Å². The van der Waals surface area contributed by atoms with E-state index in [2.05, 4.69) is 64.7 Å². The van der Waals surface area contributed by atoms with Crippen LogP contribution in [-0.2, 0) is 38.8 Å². The maximum atomic E-state index is 13.5. The lowest BCUT2D eigenvalue weighted by Gasteiger charge is -2.42. The number of halogens is 2. The number of pyridine rings is 2. The van der Waals surface area contributed by atoms with Crippen molar-refractivity contribution in [2.45, 2.75) is 96.9 Å². The Kier molecular flexibility index (Phi) is 12.9. The maximum Gasteiger partial charge on any atom is 0.258 e. The first-order valence-corrected chi connectivity index (χ1v) is 23.7. The lowest BCUT2D eigenvalue weighted by molar-refractivity contribution is 0.0807. The van der Waals surface area contributed by atoms with Crippen molar-refractivity contribution in [3.8, 4) is 23.6 Å². The molecule has 64 heavy (non-hydrogen) atoms. The van der Waals surface area contributed by atoms with Gasteiger partial charge in [-0.2, -0.15) is 10.5 Å². The Morgan fingerprint density at radius 2 is 1.08 bits per heavy atom. The quantitative estimate of drug-likeness (QED) is 0.127. The Morgan fingerprint density at radius 1 is 0.672 bits per heavy atom. The van der Waals surface area contributed by atoms with E-state index in [-0.39, 0.29) is 47.6 Å². The zero-order chi connectivity index (χ0) is 46.2. The van der Waals surface area contributed by atoms with E-state index in [1.54, 1.807) is 49.5 Å². The number of benzene rings is 4. The third-order valence-electron chi connectivity index (χ3n) is 12.8. The molecule has 1 N–H and O–H groups in total. The van der Waals surface area contributed by atoms with Gasteiger partial charge in [0.1, 0.15) is 28.4 Å². The normalized spacial score (nSPS) is 13.4. The molecule has 13 heteroatoms. The SMILES string of the molecule is CC(C)[Si](Oc1c2c(c(CC#N)c3cc(Cc4ccc(F)cc4)cnc13)CN(C)C2=O)(C(C)C)C(C)C.CN1Cc2c(c(O)c3ncc(Cc4ccc(F)cc4)cc3c2CC#N)C1=O. The zero-order valence-electron chi connectivity index (χ0n) is 37.5. The number of carbonyl (C=O) groups is 2. The van der Waals surface area contributed by atoms with Gasteiger partial charge in [-0.3, -0.25) is 19.6 Å². The largest absolute Gasteiger partial charge is 0.541 e. The summed E-state index contributed by atoms with van der Waals surface area (Å²) in [4.78, 5) is 38.3. The van der Waals surface area contributed by atoms with E-state index in [0.29, 0.717) is 75.9 Å². The highest BCUT2D eigenvalue weighted by Crippen LogP contribution is 2.48. The predicted molar refractivity (Wildman–Crippen MR) is 245 cm³/mol. The van der Waals surface area contributed by atoms with Gasteiger partial charge in [0, 0.05) is 50.4 Å². The van der Waals surface area contributed by atoms with E-state index < -0.39 is 8.32 Å². The van der Waals surface area contributed by atoms with Crippen LogP contribution in [0, 0.1) is 34.3 Å². The monoisotopic (exact) mass is 878 g/mol. The van der Waals surface area contributed by atoms with Gasteiger partial charge in [-0.05, 0) is 110 Å². The summed E-state index contributed by atoms with van der Waals surface area (Å²) < 4.78 is 33.7. The first-order chi connectivity index (χ1) is 30.5. The summed E-state index contributed by atoms with van der Waals surface area (Å²) in [5, 5.41) is 31.2. The molecule has 0 saturated heterocycles. The molecule has 2 amide bonds. The molecule has 0 saturated carbocycles. The van der Waals surface area contributed by atoms with Gasteiger partial charge in [-0.1, -0.05) is 65.8 Å². The molecule has 4 heterocycles. The molecule has 2 aliphatic rings. The number of phenols is 1. The van der Waals surface area contributed by atoms with E-state index in [4.69, 9.17) is 9.41 Å². The van der Waals surface area contributed by atoms with Crippen LogP contribution in [0.2, 0.25) is 16.6 Å². The van der Waals surface area contributed by atoms with Crippen LogP contribution in [0.5, 0.6) is 11.5 Å². The van der Waals surface area contributed by atoms with Crippen molar-refractivity contribution in [1.82, 2.24) is 19.8 Å². The summed E-state index contributed by atoms with van der Waals surface area (Å²) in [5.74, 6) is -0.457. The Balaban J connectivity index is 0.000000201. The molecule has 4 aromatic carbocycles. The lowest BCUT2D eigenvalue weighted by atomic mass is 9.93. The van der Waals surface area contributed by atoms with Crippen molar-refractivity contribution in [2.75, 3.05) is 14.1 Å². The van der Waals surface area contributed by atoms with Crippen LogP contribution in [0.4, 0.5) is 8.78 Å². The van der Waals surface area contributed by atoms with E-state index in [9.17, 15) is 34.0 Å². The zero-order valence-corrected chi connectivity index (χ0v) is 38.5. The lowest BCUT2D eigenvalue weighted by Crippen LogP contribution is -2.51. The fraction of sp³-hybridized carbons (Fsp3) is 0.333. The fourth-order valence-electron chi connectivity index (χ4n) is 9.86. The number of aromatic hydroxyl groups is 1. The van der Waals surface area contributed by atoms with Crippen LogP contribution in [-0.4, -0.2) is 59.1 Å². The van der Waals surface area contributed by atoms with E-state index in [1.165, 1.54) is 29.2 Å². The summed E-state index contributed by atoms with van der Waals surface area (Å²) in [5.41, 5.74) is 9.63. The number of nitrogens with zero attached hydrogens (tertiary/aromatic N) is 6. The molecular weight excluding hydrogens is 827 g/mol. The van der Waals surface area contributed by atoms with Gasteiger partial charge in [-0.15, -0.1) is 0 Å². The third-order valence-corrected chi connectivity index (χ3v) is 18.8. The highest BCUT2D eigenvalue weighted by atomic mass is 28.4. The number of nitriles is 2. The van der Waals surface area contributed by atoms with Gasteiger partial charge >= 0.3 is 0 Å². The maximum absolute atomic E-state index is 13.5. The summed E-state index contributed by atoms with van der Waals surface area (Å²) in [6.07, 6.45) is 4.89. The number of phenolic OH excluding ortho intramolecular Hbond substituents is 1. The van der Waals surface area contributed by atoms with Crippen molar-refractivity contribution < 1.29 is 27.9 Å². The first-order valence-electron chi connectivity index (χ1n) is 21.5. The molecule has 0 fully saturated rings. The number of aromatic nitrogens is 2. The Labute approximate surface area is 373 Å². The Bertz CT molecular complexity index is 2860. The molecule has 6 aromatic rings. The summed E-state index contributed by atoms with van der Waals surface area (Å²) in [6, 6.07) is 21.1. The van der Waals surface area contributed by atoms with Gasteiger partial charge in [0.05, 0.1) is 36.1 Å². The van der Waals surface area contributed by atoms with E-state index in [0.717, 1.165) is 44.3 Å². The number of hydrogen-bond acceptors (Lipinski definition) is 8. The number of hydrogen-bond donors (Lipinski definition) is 1. The summed E-state index contributed by atoms with van der Waals surface area (Å²) in [7, 11) is 1.05. The third kappa shape index (κ3) is 8.28. The van der Waals surface area contributed by atoms with Gasteiger partial charge in [0.2, 0.25) is 0 Å². The number of carbonyl (C=O) groups excluding carboxylic acids is 2. The van der Waals surface area contributed by atoms with Gasteiger partial charge < -0.3 is 19.3 Å². The molecular formula is C51H52F2N6O4Si. The standard InChI is InChI=1S/C30H36FN3O2Si.C21H16FN3O2/c1-18(2)37(19(3)4,20(5)6)36-29-27-26(17-34(7)30(27)35)24(12-13-32)25-15-22(16-33-28(25)29)14-21-8-10-23(31)11-9-21;1-25-11-17-15(6-7-23)16-9-13(8-12-2-4-14(22)5-3-12)10-24-19(16)20(26)18(17)21(25)27/h8-11,15-16,18-20H,12,14,17H2,1-7H3;2-5,9-10,26H,6,8,11H2,1H3. The molecule has 0 aliphatic carbocycles. The molecule has 0 atom stereocenters. The number of fused-ring (bicyclic) bond motifs is 4. The minimum absolute atomic E-state index is 0.0811. The van der Waals surface area contributed by atoms with Crippen molar-refractivity contribution in [3.05, 3.63) is 140 Å². The van der Waals surface area contributed by atoms with E-state index >= 15 is 0 Å². The fourth-order valence-corrected chi connectivity index (χ4v) is 15.1. The highest BCUT2D eigenvalue weighted by Gasteiger charge is 2.49.